The van der Waals surface area contributed by atoms with Crippen molar-refractivity contribution in [3.05, 3.63) is 23.3 Å². The number of nitrogens with zero attached hydrogens (tertiary/aromatic N) is 1. The molecule has 6 N–H and O–H groups in total. The first-order valence-electron chi connectivity index (χ1n) is 9.24. The van der Waals surface area contributed by atoms with Gasteiger partial charge in [0.15, 0.2) is 17.2 Å². The van der Waals surface area contributed by atoms with Gasteiger partial charge in [-0.25, -0.2) is 4.90 Å². The monoisotopic (exact) mass is 399 g/mol. The van der Waals surface area contributed by atoms with Crippen molar-refractivity contribution in [2.24, 2.45) is 11.8 Å². The molecule has 9 heteroatoms. The van der Waals surface area contributed by atoms with E-state index in [1.54, 1.807) is 0 Å². The van der Waals surface area contributed by atoms with Crippen LogP contribution in [0.15, 0.2) is 12.1 Å². The van der Waals surface area contributed by atoms with E-state index in [4.69, 9.17) is 9.47 Å². The maximum Gasteiger partial charge on any atom is 0.289 e. The molecular weight excluding hydrogens is 370 g/mol. The van der Waals surface area contributed by atoms with E-state index in [2.05, 4.69) is 0 Å². The number of ether oxygens (including phenoxy) is 2. The maximum absolute atomic E-state index is 11.4. The number of rotatable bonds is 4. The Balaban J connectivity index is 2.21. The second-order valence-corrected chi connectivity index (χ2v) is 8.15. The van der Waals surface area contributed by atoms with Crippen molar-refractivity contribution < 1.29 is 40.1 Å². The van der Waals surface area contributed by atoms with Crippen molar-refractivity contribution in [2.45, 2.75) is 50.2 Å². The van der Waals surface area contributed by atoms with Crippen molar-refractivity contribution in [1.82, 2.24) is 4.90 Å². The topological polar surface area (TPSA) is 143 Å². The van der Waals surface area contributed by atoms with E-state index < -0.39 is 29.4 Å². The molecule has 2 aliphatic rings. The first-order valence-corrected chi connectivity index (χ1v) is 9.24. The van der Waals surface area contributed by atoms with Gasteiger partial charge >= 0.3 is 0 Å². The largest absolute Gasteiger partial charge is 0.493 e. The van der Waals surface area contributed by atoms with Crippen LogP contribution in [0.4, 0.5) is 0 Å². The predicted molar refractivity (Wildman–Crippen MR) is 97.0 cm³/mol. The van der Waals surface area contributed by atoms with Crippen LogP contribution in [0.1, 0.15) is 37.8 Å². The predicted octanol–water partition coefficient (Wildman–Crippen LogP) is -0.633. The van der Waals surface area contributed by atoms with Crippen LogP contribution in [-0.2, 0) is 11.5 Å². The number of aliphatic hydroxyl groups excluding tert-OH is 1. The molecule has 0 saturated carbocycles. The molecule has 3 atom stereocenters. The first-order chi connectivity index (χ1) is 12.9. The summed E-state index contributed by atoms with van der Waals surface area (Å²) in [5.74, 6) is -6.17. The van der Waals surface area contributed by atoms with Gasteiger partial charge < -0.3 is 40.1 Å². The fraction of sp³-hybridized carbons (Fsp3) is 0.684. The third-order valence-electron chi connectivity index (χ3n) is 5.85. The summed E-state index contributed by atoms with van der Waals surface area (Å²) in [6.07, 6.45) is -0.608. The highest BCUT2D eigenvalue weighted by molar-refractivity contribution is 5.52. The molecule has 9 nitrogen and oxygen atoms in total. The second kappa shape index (κ2) is 6.81. The zero-order chi connectivity index (χ0) is 21.1. The first kappa shape index (κ1) is 21.3. The molecule has 1 aromatic rings. The lowest BCUT2D eigenvalue weighted by atomic mass is 9.74. The van der Waals surface area contributed by atoms with E-state index in [-0.39, 0.29) is 41.5 Å². The lowest BCUT2D eigenvalue weighted by Crippen LogP contribution is -2.75. The minimum absolute atomic E-state index is 0.00378. The summed E-state index contributed by atoms with van der Waals surface area (Å²) in [7, 11) is 2.73. The Hall–Kier alpha value is -1.46. The van der Waals surface area contributed by atoms with Gasteiger partial charge in [0.1, 0.15) is 0 Å². The van der Waals surface area contributed by atoms with Crippen molar-refractivity contribution >= 4 is 0 Å². The molecule has 1 saturated heterocycles. The molecule has 28 heavy (non-hydrogen) atoms. The summed E-state index contributed by atoms with van der Waals surface area (Å²) in [4.78, 5) is 0.827. The normalized spacial score (nSPS) is 31.2. The molecule has 1 aromatic carbocycles. The Morgan fingerprint density at radius 2 is 1.57 bits per heavy atom. The summed E-state index contributed by atoms with van der Waals surface area (Å²) in [6.45, 7) is 3.77. The average Bonchev–Trinajstić information content (AvgIpc) is 2.61. The van der Waals surface area contributed by atoms with Gasteiger partial charge in [-0.15, -0.1) is 0 Å². The zero-order valence-electron chi connectivity index (χ0n) is 16.5. The van der Waals surface area contributed by atoms with Gasteiger partial charge in [0, 0.05) is 24.1 Å². The molecule has 2 aliphatic heterocycles. The average molecular weight is 399 g/mol. The number of benzene rings is 1. The summed E-state index contributed by atoms with van der Waals surface area (Å²) >= 11 is 0. The minimum Gasteiger partial charge on any atom is -0.493 e. The van der Waals surface area contributed by atoms with E-state index in [1.165, 1.54) is 26.4 Å². The van der Waals surface area contributed by atoms with Gasteiger partial charge in [-0.05, 0) is 30.4 Å². The number of hydrogen-bond donors (Lipinski definition) is 6. The number of methoxy groups -OCH3 is 2. The Morgan fingerprint density at radius 3 is 2.07 bits per heavy atom. The summed E-state index contributed by atoms with van der Waals surface area (Å²) in [5.41, 5.74) is -2.40. The van der Waals surface area contributed by atoms with Crippen LogP contribution in [-0.4, -0.2) is 68.3 Å². The van der Waals surface area contributed by atoms with E-state index in [0.717, 1.165) is 4.90 Å². The van der Waals surface area contributed by atoms with Gasteiger partial charge in [-0.3, -0.25) is 0 Å². The van der Waals surface area contributed by atoms with E-state index in [1.807, 2.05) is 13.8 Å². The molecule has 1 fully saturated rings. The van der Waals surface area contributed by atoms with E-state index in [9.17, 15) is 30.6 Å². The molecule has 158 valence electrons. The number of hydrogen-bond acceptors (Lipinski definition) is 9. The van der Waals surface area contributed by atoms with Crippen LogP contribution >= 0.6 is 0 Å². The Labute approximate surface area is 163 Å². The quantitative estimate of drug-likeness (QED) is 0.365. The van der Waals surface area contributed by atoms with Crippen molar-refractivity contribution in [3.8, 4) is 11.5 Å². The molecule has 0 amide bonds. The number of piperidine rings is 1. The number of aliphatic hydroxyl groups is 6. The highest BCUT2D eigenvalue weighted by atomic mass is 16.6. The van der Waals surface area contributed by atoms with Crippen molar-refractivity contribution in [1.29, 1.82) is 0 Å². The van der Waals surface area contributed by atoms with Crippen LogP contribution < -0.4 is 9.47 Å². The van der Waals surface area contributed by atoms with Crippen molar-refractivity contribution in [3.63, 3.8) is 0 Å². The molecule has 0 aromatic heterocycles. The van der Waals surface area contributed by atoms with Gasteiger partial charge in [0.25, 0.3) is 11.7 Å². The maximum atomic E-state index is 11.4. The molecule has 2 heterocycles. The fourth-order valence-corrected chi connectivity index (χ4v) is 4.42. The Bertz CT molecular complexity index is 750. The molecule has 0 radical (unpaired) electrons. The standard InChI is InChI=1S/C19H29NO8/c1-10(2)5-11-9-20-17(22,8-14(11)21)12-6-15(27-3)16(28-4)7-13(12)18(23,24)19(20,25)26/h6-7,10-11,14,21-26H,5,8-9H2,1-4H3. The van der Waals surface area contributed by atoms with E-state index >= 15 is 0 Å². The highest BCUT2D eigenvalue weighted by Crippen LogP contribution is 2.54. The van der Waals surface area contributed by atoms with Crippen LogP contribution in [0.5, 0.6) is 11.5 Å². The molecule has 3 unspecified atom stereocenters. The van der Waals surface area contributed by atoms with Crippen LogP contribution in [0.2, 0.25) is 0 Å². The summed E-state index contributed by atoms with van der Waals surface area (Å²) < 4.78 is 10.4. The molecule has 0 spiro atoms. The Morgan fingerprint density at radius 1 is 1.04 bits per heavy atom. The Kier molecular flexibility index (Phi) is 5.17. The second-order valence-electron chi connectivity index (χ2n) is 8.15. The lowest BCUT2D eigenvalue weighted by Gasteiger charge is -2.59. The highest BCUT2D eigenvalue weighted by Gasteiger charge is 2.67. The van der Waals surface area contributed by atoms with Gasteiger partial charge in [-0.2, -0.15) is 0 Å². The summed E-state index contributed by atoms with van der Waals surface area (Å²) in [6, 6.07) is 2.53. The fourth-order valence-electron chi connectivity index (χ4n) is 4.42. The minimum atomic E-state index is -3.20. The molecule has 3 rings (SSSR count). The lowest BCUT2D eigenvalue weighted by molar-refractivity contribution is -0.468. The van der Waals surface area contributed by atoms with Crippen LogP contribution in [0.3, 0.4) is 0 Å². The molecule has 0 bridgehead atoms. The zero-order valence-corrected chi connectivity index (χ0v) is 16.5. The smallest absolute Gasteiger partial charge is 0.289 e. The van der Waals surface area contributed by atoms with Gasteiger partial charge in [0.05, 0.1) is 20.3 Å². The summed E-state index contributed by atoms with van der Waals surface area (Å²) in [5, 5.41) is 64.8. The third-order valence-corrected chi connectivity index (χ3v) is 5.85. The van der Waals surface area contributed by atoms with Crippen LogP contribution in [0, 0.1) is 11.8 Å². The van der Waals surface area contributed by atoms with Gasteiger partial charge in [-0.1, -0.05) is 13.8 Å². The van der Waals surface area contributed by atoms with Crippen molar-refractivity contribution in [2.75, 3.05) is 20.8 Å². The molecular formula is C19H29NO8. The third kappa shape index (κ3) is 2.89. The van der Waals surface area contributed by atoms with E-state index in [0.29, 0.717) is 6.42 Å². The number of fused-ring (bicyclic) bond motifs is 3. The van der Waals surface area contributed by atoms with Gasteiger partial charge in [0.2, 0.25) is 0 Å². The SMILES string of the molecule is COc1cc2c(cc1OC)C(O)(O)C(O)(O)N1CC(CC(C)C)C(O)CC21O. The molecule has 0 aliphatic carbocycles. The van der Waals surface area contributed by atoms with Crippen LogP contribution in [0.25, 0.3) is 0 Å².